The molecule has 0 amide bonds. The Morgan fingerprint density at radius 3 is 1.24 bits per heavy atom. The zero-order chi connectivity index (χ0) is 22.5. The molecule has 1 N–H and O–H groups in total. The van der Waals surface area contributed by atoms with Crippen LogP contribution in [0.3, 0.4) is 0 Å². The van der Waals surface area contributed by atoms with Crippen molar-refractivity contribution < 1.29 is 12.0 Å². The SMILES string of the molecule is O=S(=O)([OH+]S(c1ccccc1)(c1ccccc1)c1ccccc1)C12CC3CC(CC(C3)C1)C2. The van der Waals surface area contributed by atoms with Gasteiger partial charge in [0.15, 0.2) is 0 Å². The molecule has 0 saturated heterocycles. The number of hydrogen-bond acceptors (Lipinski definition) is 2. The highest BCUT2D eigenvalue weighted by molar-refractivity contribution is 8.32. The molecule has 4 fully saturated rings. The average molecular weight is 480 g/mol. The van der Waals surface area contributed by atoms with Crippen LogP contribution in [-0.4, -0.2) is 16.8 Å². The molecule has 0 atom stereocenters. The highest BCUT2D eigenvalue weighted by Gasteiger charge is 2.62. The van der Waals surface area contributed by atoms with Crippen LogP contribution in [0.2, 0.25) is 0 Å². The number of hydrogen-bond donors (Lipinski definition) is 0. The van der Waals surface area contributed by atoms with Crippen LogP contribution in [0.15, 0.2) is 106 Å². The van der Waals surface area contributed by atoms with Gasteiger partial charge < -0.3 is 0 Å². The second-order valence-electron chi connectivity index (χ2n) is 10.2. The Bertz CT molecular complexity index is 1090. The van der Waals surface area contributed by atoms with E-state index < -0.39 is 25.2 Å². The van der Waals surface area contributed by atoms with Gasteiger partial charge in [-0.2, -0.15) is 8.42 Å². The van der Waals surface area contributed by atoms with Gasteiger partial charge in [0, 0.05) is 0 Å². The van der Waals surface area contributed by atoms with E-state index in [1.165, 1.54) is 19.3 Å². The van der Waals surface area contributed by atoms with Crippen LogP contribution in [0.4, 0.5) is 0 Å². The summed E-state index contributed by atoms with van der Waals surface area (Å²) in [7, 11) is -6.07. The highest BCUT2D eigenvalue weighted by atomic mass is 32.3. The number of benzene rings is 3. The Labute approximate surface area is 198 Å². The van der Waals surface area contributed by atoms with Crippen molar-refractivity contribution in [1.82, 2.24) is 0 Å². The topological polar surface area (TPSA) is 46.9 Å². The third kappa shape index (κ3) is 3.48. The molecule has 3 nitrogen and oxygen atoms in total. The zero-order valence-corrected chi connectivity index (χ0v) is 20.3. The third-order valence-corrected chi connectivity index (χ3v) is 14.1. The molecule has 33 heavy (non-hydrogen) atoms. The molecular weight excluding hydrogens is 448 g/mol. The van der Waals surface area contributed by atoms with Gasteiger partial charge in [0.25, 0.3) is 0 Å². The molecular formula is C28H31O3S2+. The van der Waals surface area contributed by atoms with Crippen LogP contribution in [0.25, 0.3) is 0 Å². The average Bonchev–Trinajstić information content (AvgIpc) is 2.83. The van der Waals surface area contributed by atoms with Gasteiger partial charge in [0.2, 0.25) is 0 Å². The van der Waals surface area contributed by atoms with Gasteiger partial charge in [-0.25, -0.2) is 0 Å². The van der Waals surface area contributed by atoms with Gasteiger partial charge in [-0.05, 0) is 92.7 Å². The highest BCUT2D eigenvalue weighted by Crippen LogP contribution is 2.70. The van der Waals surface area contributed by atoms with Gasteiger partial charge in [-0.1, -0.05) is 54.6 Å². The first kappa shape index (κ1) is 21.5. The van der Waals surface area contributed by atoms with Gasteiger partial charge >= 0.3 is 10.1 Å². The van der Waals surface area contributed by atoms with Crippen molar-refractivity contribution >= 4 is 20.4 Å². The van der Waals surface area contributed by atoms with E-state index in [0.717, 1.165) is 33.9 Å². The fourth-order valence-corrected chi connectivity index (χ4v) is 13.6. The molecule has 4 bridgehead atoms. The van der Waals surface area contributed by atoms with Gasteiger partial charge in [0.1, 0.15) is 4.75 Å². The van der Waals surface area contributed by atoms with E-state index in [-0.39, 0.29) is 0 Å². The van der Waals surface area contributed by atoms with Crippen LogP contribution in [0, 0.1) is 17.8 Å². The molecule has 7 rings (SSSR count). The van der Waals surface area contributed by atoms with Crippen molar-refractivity contribution in [1.29, 1.82) is 0 Å². The van der Waals surface area contributed by atoms with E-state index in [0.29, 0.717) is 17.8 Å². The summed E-state index contributed by atoms with van der Waals surface area (Å²) in [5.41, 5.74) is 0. The maximum absolute atomic E-state index is 14.5. The van der Waals surface area contributed by atoms with E-state index in [4.69, 9.17) is 3.63 Å². The summed E-state index contributed by atoms with van der Waals surface area (Å²) in [5, 5.41) is 0. The lowest BCUT2D eigenvalue weighted by Gasteiger charge is -2.54. The summed E-state index contributed by atoms with van der Waals surface area (Å²) in [4.78, 5) is 2.90. The molecule has 0 spiro atoms. The minimum atomic E-state index is -3.72. The van der Waals surface area contributed by atoms with E-state index >= 15 is 0 Å². The molecule has 0 aromatic heterocycles. The van der Waals surface area contributed by atoms with Crippen LogP contribution >= 0.6 is 10.3 Å². The first-order chi connectivity index (χ1) is 16.0. The Morgan fingerprint density at radius 1 is 0.576 bits per heavy atom. The van der Waals surface area contributed by atoms with Crippen molar-refractivity contribution in [2.24, 2.45) is 17.8 Å². The van der Waals surface area contributed by atoms with Crippen molar-refractivity contribution in [2.75, 3.05) is 0 Å². The lowest BCUT2D eigenvalue weighted by atomic mass is 9.56. The first-order valence-electron chi connectivity index (χ1n) is 12.0. The second-order valence-corrected chi connectivity index (χ2v) is 15.2. The van der Waals surface area contributed by atoms with Crippen LogP contribution in [0.1, 0.15) is 38.5 Å². The Kier molecular flexibility index (Phi) is 5.20. The zero-order valence-electron chi connectivity index (χ0n) is 18.7. The molecule has 5 heteroatoms. The largest absolute Gasteiger partial charge is 0.396 e. The Morgan fingerprint density at radius 2 is 0.909 bits per heavy atom. The van der Waals surface area contributed by atoms with Crippen molar-refractivity contribution in [3.05, 3.63) is 91.0 Å². The molecule has 4 aliphatic carbocycles. The summed E-state index contributed by atoms with van der Waals surface area (Å²) in [6.45, 7) is 0. The second kappa shape index (κ2) is 8.00. The van der Waals surface area contributed by atoms with Gasteiger partial charge in [-0.15, -0.1) is 0 Å². The minimum Gasteiger partial charge on any atom is -0.261 e. The Balaban J connectivity index is 1.54. The van der Waals surface area contributed by atoms with Crippen LogP contribution < -0.4 is 0 Å². The predicted octanol–water partition coefficient (Wildman–Crippen LogP) is 7.28. The molecule has 0 radical (unpaired) electrons. The molecule has 3 aromatic carbocycles. The van der Waals surface area contributed by atoms with Gasteiger partial charge in [0.05, 0.1) is 25.0 Å². The molecule has 0 aliphatic heterocycles. The quantitative estimate of drug-likeness (QED) is 0.276. The lowest BCUT2D eigenvalue weighted by molar-refractivity contribution is 0.0286. The fourth-order valence-electron chi connectivity index (χ4n) is 6.96. The molecule has 0 unspecified atom stereocenters. The monoisotopic (exact) mass is 479 g/mol. The Hall–Kier alpha value is -2.08. The van der Waals surface area contributed by atoms with Crippen LogP contribution in [0.5, 0.6) is 0 Å². The molecule has 4 saturated carbocycles. The summed E-state index contributed by atoms with van der Waals surface area (Å²) < 4.78 is 33.4. The predicted molar refractivity (Wildman–Crippen MR) is 134 cm³/mol. The normalized spacial score (nSPS) is 29.2. The summed E-state index contributed by atoms with van der Waals surface area (Å²) >= 11 is 0. The third-order valence-electron chi connectivity index (χ3n) is 7.99. The molecule has 0 heterocycles. The molecule has 4 aliphatic rings. The van der Waals surface area contributed by atoms with Crippen LogP contribution in [-0.2, 0) is 10.1 Å². The lowest BCUT2D eigenvalue weighted by Crippen LogP contribution is -2.55. The van der Waals surface area contributed by atoms with Crippen molar-refractivity contribution in [2.45, 2.75) is 58.0 Å². The number of rotatable bonds is 6. The molecule has 172 valence electrons. The van der Waals surface area contributed by atoms with E-state index in [1.54, 1.807) is 0 Å². The first-order valence-corrected chi connectivity index (χ1v) is 15.0. The van der Waals surface area contributed by atoms with E-state index in [1.807, 2.05) is 91.0 Å². The summed E-state index contributed by atoms with van der Waals surface area (Å²) in [6, 6.07) is 30.2. The van der Waals surface area contributed by atoms with E-state index in [9.17, 15) is 8.42 Å². The van der Waals surface area contributed by atoms with Crippen molar-refractivity contribution in [3.8, 4) is 0 Å². The standard InChI is InChI=1S/C28H30O3S2/c29-33(30,28-19-22-16-23(20-28)18-24(17-22)21-28)31-32(25-10-4-1-5-11-25,26-12-6-2-7-13-26)27-14-8-3-9-15-27/h1-15,22-24H,16-21H2/p+1. The smallest absolute Gasteiger partial charge is 0.261 e. The molecule has 3 aromatic rings. The fraction of sp³-hybridized carbons (Fsp3) is 0.357. The maximum Gasteiger partial charge on any atom is 0.396 e. The summed E-state index contributed by atoms with van der Waals surface area (Å²) in [6.07, 6.45) is 6.00. The van der Waals surface area contributed by atoms with Gasteiger partial charge in [-0.3, -0.25) is 3.63 Å². The minimum absolute atomic E-state index is 0.552. The summed E-state index contributed by atoms with van der Waals surface area (Å²) in [5.74, 6) is 1.66. The van der Waals surface area contributed by atoms with E-state index in [2.05, 4.69) is 0 Å². The maximum atomic E-state index is 14.5. The van der Waals surface area contributed by atoms with Crippen molar-refractivity contribution in [3.63, 3.8) is 0 Å².